The number of ether oxygens (including phenoxy) is 1. The van der Waals surface area contributed by atoms with E-state index in [1.54, 1.807) is 30.6 Å². The van der Waals surface area contributed by atoms with Crippen molar-refractivity contribution in [3.8, 4) is 11.1 Å². The number of hydrogen-bond donors (Lipinski definition) is 1. The van der Waals surface area contributed by atoms with Crippen molar-refractivity contribution < 1.29 is 13.5 Å². The van der Waals surface area contributed by atoms with Crippen molar-refractivity contribution in [2.24, 2.45) is 5.73 Å². The largest absolute Gasteiger partial charge is 0.372 e. The van der Waals surface area contributed by atoms with E-state index in [0.29, 0.717) is 17.7 Å². The van der Waals surface area contributed by atoms with Crippen LogP contribution >= 0.6 is 0 Å². The van der Waals surface area contributed by atoms with E-state index in [1.807, 2.05) is 6.07 Å². The molecule has 2 N–H and O–H groups in total. The average molecular weight is 290 g/mol. The topological polar surface area (TPSA) is 48.1 Å². The summed E-state index contributed by atoms with van der Waals surface area (Å²) in [6.07, 6.45) is 1.34. The summed E-state index contributed by atoms with van der Waals surface area (Å²) >= 11 is 0. The Labute approximate surface area is 121 Å². The van der Waals surface area contributed by atoms with E-state index < -0.39 is 6.43 Å². The van der Waals surface area contributed by atoms with Crippen LogP contribution in [0.15, 0.2) is 42.7 Å². The Balaban J connectivity index is 2.00. The molecule has 0 radical (unpaired) electrons. The first kappa shape index (κ1) is 14.1. The van der Waals surface area contributed by atoms with Gasteiger partial charge in [0.15, 0.2) is 0 Å². The van der Waals surface area contributed by atoms with Gasteiger partial charge < -0.3 is 10.5 Å². The van der Waals surface area contributed by atoms with Crippen LogP contribution in [0.5, 0.6) is 0 Å². The Morgan fingerprint density at radius 1 is 1.24 bits per heavy atom. The molecule has 1 aliphatic rings. The molecule has 0 amide bonds. The van der Waals surface area contributed by atoms with Crippen molar-refractivity contribution in [3.05, 3.63) is 53.9 Å². The monoisotopic (exact) mass is 290 g/mol. The van der Waals surface area contributed by atoms with Crippen LogP contribution in [0.4, 0.5) is 8.78 Å². The van der Waals surface area contributed by atoms with Gasteiger partial charge in [-0.05, 0) is 18.1 Å². The van der Waals surface area contributed by atoms with E-state index in [9.17, 15) is 8.78 Å². The lowest BCUT2D eigenvalue weighted by Crippen LogP contribution is -2.23. The first-order valence-electron chi connectivity index (χ1n) is 6.86. The Bertz CT molecular complexity index is 633. The van der Waals surface area contributed by atoms with Gasteiger partial charge in [0.1, 0.15) is 0 Å². The minimum atomic E-state index is -2.52. The maximum atomic E-state index is 13.1. The van der Waals surface area contributed by atoms with Gasteiger partial charge in [-0.3, -0.25) is 4.98 Å². The molecular formula is C16H16F2N2O. The molecule has 0 aliphatic carbocycles. The highest BCUT2D eigenvalue weighted by Gasteiger charge is 2.27. The van der Waals surface area contributed by atoms with Gasteiger partial charge in [0.25, 0.3) is 6.43 Å². The normalized spacial score (nSPS) is 21.9. The number of pyridine rings is 1. The number of aromatic nitrogens is 1. The molecule has 0 bridgehead atoms. The summed E-state index contributed by atoms with van der Waals surface area (Å²) < 4.78 is 31.8. The zero-order valence-electron chi connectivity index (χ0n) is 11.4. The quantitative estimate of drug-likeness (QED) is 0.941. The molecule has 0 spiro atoms. The van der Waals surface area contributed by atoms with Crippen LogP contribution in [0.2, 0.25) is 0 Å². The maximum absolute atomic E-state index is 13.1. The lowest BCUT2D eigenvalue weighted by Gasteiger charge is -2.16. The van der Waals surface area contributed by atoms with Crippen molar-refractivity contribution in [3.63, 3.8) is 0 Å². The van der Waals surface area contributed by atoms with Crippen molar-refractivity contribution >= 4 is 0 Å². The Morgan fingerprint density at radius 3 is 2.76 bits per heavy atom. The first-order valence-corrected chi connectivity index (χ1v) is 6.86. The number of halogens is 2. The van der Waals surface area contributed by atoms with Crippen LogP contribution in [0, 0.1) is 0 Å². The minimum absolute atomic E-state index is 0.00749. The predicted molar refractivity (Wildman–Crippen MR) is 75.9 cm³/mol. The second kappa shape index (κ2) is 5.87. The Morgan fingerprint density at radius 2 is 2.05 bits per heavy atom. The molecule has 21 heavy (non-hydrogen) atoms. The molecule has 3 rings (SSSR count). The van der Waals surface area contributed by atoms with E-state index >= 15 is 0 Å². The molecule has 2 aromatic rings. The lowest BCUT2D eigenvalue weighted by molar-refractivity contribution is 0.105. The van der Waals surface area contributed by atoms with E-state index in [4.69, 9.17) is 10.5 Å². The van der Waals surface area contributed by atoms with Crippen LogP contribution in [0.25, 0.3) is 11.1 Å². The van der Waals surface area contributed by atoms with Crippen LogP contribution < -0.4 is 5.73 Å². The van der Waals surface area contributed by atoms with Crippen molar-refractivity contribution in [2.45, 2.75) is 25.0 Å². The second-order valence-electron chi connectivity index (χ2n) is 5.14. The average Bonchev–Trinajstić information content (AvgIpc) is 2.93. The third-order valence-electron chi connectivity index (χ3n) is 3.73. The second-order valence-corrected chi connectivity index (χ2v) is 5.14. The number of nitrogens with two attached hydrogens (primary N) is 1. The van der Waals surface area contributed by atoms with E-state index in [1.165, 1.54) is 6.07 Å². The van der Waals surface area contributed by atoms with E-state index in [-0.39, 0.29) is 17.7 Å². The summed E-state index contributed by atoms with van der Waals surface area (Å²) in [6, 6.07) is 8.23. The SMILES string of the molecule is N[C@@H]1CCO[C@H]1c1cncc(-c2ccccc2C(F)F)c1. The molecule has 1 saturated heterocycles. The fourth-order valence-electron chi connectivity index (χ4n) is 2.66. The molecule has 1 aromatic carbocycles. The van der Waals surface area contributed by atoms with Gasteiger partial charge in [-0.1, -0.05) is 24.3 Å². The molecule has 1 aromatic heterocycles. The molecular weight excluding hydrogens is 274 g/mol. The molecule has 0 saturated carbocycles. The molecule has 5 heteroatoms. The fraction of sp³-hybridized carbons (Fsp3) is 0.312. The molecule has 0 unspecified atom stereocenters. The molecule has 2 heterocycles. The summed E-state index contributed by atoms with van der Waals surface area (Å²) in [5, 5.41) is 0. The smallest absolute Gasteiger partial charge is 0.264 e. The highest BCUT2D eigenvalue weighted by molar-refractivity contribution is 5.67. The number of alkyl halides is 2. The third-order valence-corrected chi connectivity index (χ3v) is 3.73. The zero-order valence-corrected chi connectivity index (χ0v) is 11.4. The lowest BCUT2D eigenvalue weighted by atomic mass is 9.97. The van der Waals surface area contributed by atoms with Crippen LogP contribution in [0.1, 0.15) is 30.1 Å². The summed E-state index contributed by atoms with van der Waals surface area (Å²) in [6.45, 7) is 0.615. The molecule has 1 fully saturated rings. The number of benzene rings is 1. The first-order chi connectivity index (χ1) is 10.2. The van der Waals surface area contributed by atoms with Gasteiger partial charge >= 0.3 is 0 Å². The minimum Gasteiger partial charge on any atom is -0.372 e. The van der Waals surface area contributed by atoms with Gasteiger partial charge in [-0.15, -0.1) is 0 Å². The Hall–Kier alpha value is -1.85. The van der Waals surface area contributed by atoms with Crippen LogP contribution in [-0.2, 0) is 4.74 Å². The van der Waals surface area contributed by atoms with Gasteiger partial charge in [0.05, 0.1) is 6.10 Å². The van der Waals surface area contributed by atoms with Gasteiger partial charge in [0, 0.05) is 41.7 Å². The molecule has 2 atom stereocenters. The third kappa shape index (κ3) is 2.80. The maximum Gasteiger partial charge on any atom is 0.264 e. The Kier molecular flexibility index (Phi) is 3.94. The highest BCUT2D eigenvalue weighted by atomic mass is 19.3. The van der Waals surface area contributed by atoms with Crippen LogP contribution in [0.3, 0.4) is 0 Å². The van der Waals surface area contributed by atoms with Crippen molar-refractivity contribution in [1.82, 2.24) is 4.98 Å². The van der Waals surface area contributed by atoms with Gasteiger partial charge in [0.2, 0.25) is 0 Å². The van der Waals surface area contributed by atoms with Gasteiger partial charge in [-0.25, -0.2) is 8.78 Å². The van der Waals surface area contributed by atoms with E-state index in [0.717, 1.165) is 12.0 Å². The van der Waals surface area contributed by atoms with Crippen molar-refractivity contribution in [1.29, 1.82) is 0 Å². The predicted octanol–water partition coefficient (Wildman–Crippen LogP) is 3.47. The molecule has 3 nitrogen and oxygen atoms in total. The summed E-state index contributed by atoms with van der Waals surface area (Å²) in [5.41, 5.74) is 8.00. The summed E-state index contributed by atoms with van der Waals surface area (Å²) in [5.74, 6) is 0. The van der Waals surface area contributed by atoms with E-state index in [2.05, 4.69) is 4.98 Å². The standard InChI is InChI=1S/C16H16F2N2O/c17-16(18)13-4-2-1-3-12(13)10-7-11(9-20-8-10)15-14(19)5-6-21-15/h1-4,7-9,14-16H,5-6,19H2/t14-,15+/m1/s1. The van der Waals surface area contributed by atoms with Crippen LogP contribution in [-0.4, -0.2) is 17.6 Å². The highest BCUT2D eigenvalue weighted by Crippen LogP contribution is 2.33. The zero-order chi connectivity index (χ0) is 14.8. The summed E-state index contributed by atoms with van der Waals surface area (Å²) in [4.78, 5) is 4.16. The molecule has 1 aliphatic heterocycles. The number of rotatable bonds is 3. The van der Waals surface area contributed by atoms with Gasteiger partial charge in [-0.2, -0.15) is 0 Å². The number of hydrogen-bond acceptors (Lipinski definition) is 3. The summed E-state index contributed by atoms with van der Waals surface area (Å²) in [7, 11) is 0. The van der Waals surface area contributed by atoms with Crippen molar-refractivity contribution in [2.75, 3.05) is 6.61 Å². The number of nitrogens with zero attached hydrogens (tertiary/aromatic N) is 1. The molecule has 110 valence electrons. The fourth-order valence-corrected chi connectivity index (χ4v) is 2.66.